The molecule has 0 atom stereocenters. The van der Waals surface area contributed by atoms with Crippen molar-refractivity contribution in [3.63, 3.8) is 0 Å². The van der Waals surface area contributed by atoms with Gasteiger partial charge in [-0.15, -0.1) is 0 Å². The number of halogens is 2. The van der Waals surface area contributed by atoms with E-state index in [1.165, 1.54) is 18.0 Å². The molecule has 9 heteroatoms. The van der Waals surface area contributed by atoms with E-state index in [0.29, 0.717) is 34.3 Å². The summed E-state index contributed by atoms with van der Waals surface area (Å²) >= 11 is 12.8. The maximum absolute atomic E-state index is 13.0. The van der Waals surface area contributed by atoms with E-state index in [2.05, 4.69) is 4.90 Å². The Labute approximate surface area is 178 Å². The Morgan fingerprint density at radius 1 is 0.966 bits per heavy atom. The Morgan fingerprint density at radius 2 is 1.62 bits per heavy atom. The van der Waals surface area contributed by atoms with Crippen LogP contribution >= 0.6 is 23.2 Å². The molecule has 0 N–H and O–H groups in total. The second-order valence-corrected chi connectivity index (χ2v) is 8.34. The molecule has 1 saturated heterocycles. The molecule has 1 fully saturated rings. The molecule has 29 heavy (non-hydrogen) atoms. The molecule has 1 aromatic carbocycles. The van der Waals surface area contributed by atoms with Gasteiger partial charge in [-0.3, -0.25) is 18.8 Å². The number of benzene rings is 1. The van der Waals surface area contributed by atoms with Crippen LogP contribution in [0.3, 0.4) is 0 Å². The van der Waals surface area contributed by atoms with Gasteiger partial charge in [0.05, 0.1) is 13.1 Å². The molecule has 1 aliphatic heterocycles. The maximum atomic E-state index is 13.0. The summed E-state index contributed by atoms with van der Waals surface area (Å²) in [6.07, 6.45) is 3.53. The Bertz CT molecular complexity index is 1170. The zero-order valence-corrected chi connectivity index (χ0v) is 18.0. The molecule has 0 spiro atoms. The summed E-state index contributed by atoms with van der Waals surface area (Å²) in [7, 11) is 3.11. The van der Waals surface area contributed by atoms with Gasteiger partial charge in [-0.2, -0.15) is 0 Å². The van der Waals surface area contributed by atoms with Gasteiger partial charge in [0.25, 0.3) is 5.56 Å². The standard InChI is InChI=1S/C20H23Cl2N5O2/c1-24-18-17(19(28)25(2)20(24)29)27(11-13-14(21)7-6-8-15(13)22)16(23-18)12-26-9-4-3-5-10-26/h6-8H,3-5,9-12H2,1-2H3. The van der Waals surface area contributed by atoms with Crippen LogP contribution in [0.2, 0.25) is 10.0 Å². The topological polar surface area (TPSA) is 65.1 Å². The molecule has 154 valence electrons. The van der Waals surface area contributed by atoms with Crippen molar-refractivity contribution in [3.05, 3.63) is 60.5 Å². The summed E-state index contributed by atoms with van der Waals surface area (Å²) in [6, 6.07) is 5.34. The van der Waals surface area contributed by atoms with Gasteiger partial charge in [0, 0.05) is 29.7 Å². The average Bonchev–Trinajstić information content (AvgIpc) is 3.06. The fourth-order valence-corrected chi connectivity index (χ4v) is 4.46. The number of piperidine rings is 1. The lowest BCUT2D eigenvalue weighted by atomic mass is 10.1. The van der Waals surface area contributed by atoms with Gasteiger partial charge in [-0.1, -0.05) is 35.7 Å². The molecule has 2 aromatic heterocycles. The van der Waals surface area contributed by atoms with Gasteiger partial charge in [0.1, 0.15) is 5.82 Å². The number of rotatable bonds is 4. The normalized spacial score (nSPS) is 15.3. The van der Waals surface area contributed by atoms with Gasteiger partial charge in [0.2, 0.25) is 0 Å². The van der Waals surface area contributed by atoms with Gasteiger partial charge < -0.3 is 4.57 Å². The second kappa shape index (κ2) is 7.97. The van der Waals surface area contributed by atoms with Crippen molar-refractivity contribution in [1.29, 1.82) is 0 Å². The molecule has 0 unspecified atom stereocenters. The molecule has 0 amide bonds. The van der Waals surface area contributed by atoms with Gasteiger partial charge in [0.15, 0.2) is 11.2 Å². The van der Waals surface area contributed by atoms with Crippen LogP contribution in [0.4, 0.5) is 0 Å². The molecule has 7 nitrogen and oxygen atoms in total. The Kier molecular flexibility index (Phi) is 5.55. The lowest BCUT2D eigenvalue weighted by molar-refractivity contribution is 0.214. The van der Waals surface area contributed by atoms with Gasteiger partial charge in [-0.05, 0) is 38.1 Å². The third-order valence-corrected chi connectivity index (χ3v) is 6.33. The van der Waals surface area contributed by atoms with Crippen molar-refractivity contribution >= 4 is 34.4 Å². The maximum Gasteiger partial charge on any atom is 0.332 e. The summed E-state index contributed by atoms with van der Waals surface area (Å²) in [4.78, 5) is 32.4. The number of fused-ring (bicyclic) bond motifs is 1. The van der Waals surface area contributed by atoms with Gasteiger partial charge in [-0.25, -0.2) is 9.78 Å². The quantitative estimate of drug-likeness (QED) is 0.631. The van der Waals surface area contributed by atoms with Crippen molar-refractivity contribution in [2.24, 2.45) is 14.1 Å². The van der Waals surface area contributed by atoms with E-state index in [1.54, 1.807) is 25.2 Å². The highest BCUT2D eigenvalue weighted by atomic mass is 35.5. The summed E-state index contributed by atoms with van der Waals surface area (Å²) in [6.45, 7) is 2.90. The van der Waals surface area contributed by atoms with Crippen molar-refractivity contribution in [1.82, 2.24) is 23.6 Å². The first kappa shape index (κ1) is 20.2. The molecular weight excluding hydrogens is 413 g/mol. The fraction of sp³-hybridized carbons (Fsp3) is 0.450. The molecular formula is C20H23Cl2N5O2. The number of hydrogen-bond acceptors (Lipinski definition) is 4. The smallest absolute Gasteiger partial charge is 0.316 e. The number of likely N-dealkylation sites (tertiary alicyclic amines) is 1. The van der Waals surface area contributed by atoms with E-state index in [-0.39, 0.29) is 5.56 Å². The summed E-state index contributed by atoms with van der Waals surface area (Å²) in [5.41, 5.74) is 0.730. The van der Waals surface area contributed by atoms with Crippen molar-refractivity contribution in [3.8, 4) is 0 Å². The molecule has 0 bridgehead atoms. The largest absolute Gasteiger partial charge is 0.332 e. The summed E-state index contributed by atoms with van der Waals surface area (Å²) < 4.78 is 4.39. The lowest BCUT2D eigenvalue weighted by Gasteiger charge is -2.26. The van der Waals surface area contributed by atoms with Crippen LogP contribution in [-0.4, -0.2) is 36.7 Å². The molecule has 3 aromatic rings. The van der Waals surface area contributed by atoms with E-state index in [9.17, 15) is 9.59 Å². The summed E-state index contributed by atoms with van der Waals surface area (Å²) in [5.74, 6) is 0.733. The molecule has 0 aliphatic carbocycles. The first-order chi connectivity index (χ1) is 13.9. The molecule has 0 saturated carbocycles. The fourth-order valence-electron chi connectivity index (χ4n) is 3.94. The number of imidazole rings is 1. The van der Waals surface area contributed by atoms with Crippen LogP contribution < -0.4 is 11.2 Å². The van der Waals surface area contributed by atoms with Gasteiger partial charge >= 0.3 is 5.69 Å². The van der Waals surface area contributed by atoms with Crippen LogP contribution in [0.5, 0.6) is 0 Å². The van der Waals surface area contributed by atoms with Crippen LogP contribution in [0.15, 0.2) is 27.8 Å². The molecule has 3 heterocycles. The Morgan fingerprint density at radius 3 is 2.28 bits per heavy atom. The van der Waals surface area contributed by atoms with Crippen LogP contribution in [0.1, 0.15) is 30.7 Å². The highest BCUT2D eigenvalue weighted by molar-refractivity contribution is 6.36. The van der Waals surface area contributed by atoms with E-state index in [4.69, 9.17) is 28.2 Å². The predicted molar refractivity (Wildman–Crippen MR) is 115 cm³/mol. The van der Waals surface area contributed by atoms with Crippen molar-refractivity contribution in [2.45, 2.75) is 32.4 Å². The zero-order valence-electron chi connectivity index (χ0n) is 16.5. The Hall–Kier alpha value is -2.09. The molecule has 1 aliphatic rings. The Balaban J connectivity index is 1.92. The third kappa shape index (κ3) is 3.63. The van der Waals surface area contributed by atoms with Crippen molar-refractivity contribution < 1.29 is 0 Å². The number of aromatic nitrogens is 4. The lowest BCUT2D eigenvalue weighted by Crippen LogP contribution is -2.37. The minimum Gasteiger partial charge on any atom is -0.316 e. The highest BCUT2D eigenvalue weighted by Gasteiger charge is 2.22. The monoisotopic (exact) mass is 435 g/mol. The van der Waals surface area contributed by atoms with E-state index >= 15 is 0 Å². The molecule has 0 radical (unpaired) electrons. The number of hydrogen-bond donors (Lipinski definition) is 0. The first-order valence-corrected chi connectivity index (χ1v) is 10.4. The van der Waals surface area contributed by atoms with Crippen molar-refractivity contribution in [2.75, 3.05) is 13.1 Å². The van der Waals surface area contributed by atoms with Crippen LogP contribution in [-0.2, 0) is 27.2 Å². The summed E-state index contributed by atoms with van der Waals surface area (Å²) in [5, 5.41) is 1.06. The van der Waals surface area contributed by atoms with Crippen LogP contribution in [0, 0.1) is 0 Å². The average molecular weight is 436 g/mol. The van der Waals surface area contributed by atoms with E-state index in [1.807, 2.05) is 4.57 Å². The van der Waals surface area contributed by atoms with E-state index in [0.717, 1.165) is 41.9 Å². The van der Waals surface area contributed by atoms with Crippen LogP contribution in [0.25, 0.3) is 11.2 Å². The molecule has 4 rings (SSSR count). The number of nitrogens with zero attached hydrogens (tertiary/aromatic N) is 5. The minimum atomic E-state index is -0.396. The number of aryl methyl sites for hydroxylation is 1. The predicted octanol–water partition coefficient (Wildman–Crippen LogP) is 2.77. The first-order valence-electron chi connectivity index (χ1n) is 9.69. The zero-order chi connectivity index (χ0) is 20.7. The second-order valence-electron chi connectivity index (χ2n) is 7.53. The highest BCUT2D eigenvalue weighted by Crippen LogP contribution is 2.27. The van der Waals surface area contributed by atoms with E-state index < -0.39 is 5.69 Å². The SMILES string of the molecule is Cn1c(=O)c2c(nc(CN3CCCCC3)n2Cc2c(Cl)cccc2Cl)n(C)c1=O. The minimum absolute atomic E-state index is 0.311. The third-order valence-electron chi connectivity index (χ3n) is 5.62.